The van der Waals surface area contributed by atoms with Crippen LogP contribution in [0.15, 0.2) is 42.0 Å². The number of benzene rings is 1. The second-order valence-corrected chi connectivity index (χ2v) is 6.30. The van der Waals surface area contributed by atoms with Gasteiger partial charge in [-0.2, -0.15) is 0 Å². The number of ether oxygens (including phenoxy) is 1. The minimum Gasteiger partial charge on any atom is -0.469 e. The van der Waals surface area contributed by atoms with Crippen molar-refractivity contribution in [1.82, 2.24) is 9.97 Å². The highest BCUT2D eigenvalue weighted by atomic mass is 32.1. The Balaban J connectivity index is 1.61. The standard InChI is InChI=1S/C18H17N3O3S/c1-2-3-16(23)21-13-6-4-12(5-7-13)15(22)10-24-17-14-8-9-25-18(14)20-11-19-17/h4-9,11H,2-3,10H2,1H3,(H,21,23). The molecule has 0 spiro atoms. The molecule has 7 heteroatoms. The minimum atomic E-state index is -0.159. The summed E-state index contributed by atoms with van der Waals surface area (Å²) in [5.41, 5.74) is 1.19. The Labute approximate surface area is 148 Å². The van der Waals surface area contributed by atoms with Crippen LogP contribution >= 0.6 is 11.3 Å². The van der Waals surface area contributed by atoms with Gasteiger partial charge in [-0.05, 0) is 42.1 Å². The second kappa shape index (κ2) is 7.85. The molecule has 0 atom stereocenters. The molecule has 0 aliphatic heterocycles. The number of Topliss-reactive ketones (excluding diaryl/α,β-unsaturated/α-hetero) is 1. The number of fused-ring (bicyclic) bond motifs is 1. The molecule has 0 saturated heterocycles. The Hall–Kier alpha value is -2.80. The Morgan fingerprint density at radius 2 is 1.96 bits per heavy atom. The van der Waals surface area contributed by atoms with E-state index in [1.807, 2.05) is 18.4 Å². The number of amides is 1. The van der Waals surface area contributed by atoms with Crippen molar-refractivity contribution in [1.29, 1.82) is 0 Å². The molecule has 6 nitrogen and oxygen atoms in total. The first-order chi connectivity index (χ1) is 12.2. The van der Waals surface area contributed by atoms with Gasteiger partial charge in [0, 0.05) is 17.7 Å². The van der Waals surface area contributed by atoms with Crippen LogP contribution < -0.4 is 10.1 Å². The van der Waals surface area contributed by atoms with Gasteiger partial charge < -0.3 is 10.1 Å². The Morgan fingerprint density at radius 3 is 2.72 bits per heavy atom. The van der Waals surface area contributed by atoms with E-state index in [0.29, 0.717) is 23.6 Å². The van der Waals surface area contributed by atoms with E-state index in [9.17, 15) is 9.59 Å². The molecule has 1 amide bonds. The predicted molar refractivity (Wildman–Crippen MR) is 97.2 cm³/mol. The molecule has 0 bridgehead atoms. The third-order valence-corrected chi connectivity index (χ3v) is 4.35. The SMILES string of the molecule is CCCC(=O)Nc1ccc(C(=O)COc2ncnc3sccc23)cc1. The molecule has 2 aromatic heterocycles. The summed E-state index contributed by atoms with van der Waals surface area (Å²) in [6, 6.07) is 8.64. The van der Waals surface area contributed by atoms with Crippen LogP contribution in [0.5, 0.6) is 5.88 Å². The lowest BCUT2D eigenvalue weighted by molar-refractivity contribution is -0.116. The first-order valence-electron chi connectivity index (χ1n) is 7.91. The van der Waals surface area contributed by atoms with Crippen molar-refractivity contribution in [2.24, 2.45) is 0 Å². The molecule has 0 aliphatic rings. The van der Waals surface area contributed by atoms with E-state index in [0.717, 1.165) is 16.6 Å². The molecule has 1 N–H and O–H groups in total. The molecule has 0 radical (unpaired) electrons. The van der Waals surface area contributed by atoms with Crippen molar-refractivity contribution >= 4 is 38.9 Å². The van der Waals surface area contributed by atoms with E-state index in [1.165, 1.54) is 17.7 Å². The van der Waals surface area contributed by atoms with Gasteiger partial charge in [0.15, 0.2) is 12.4 Å². The summed E-state index contributed by atoms with van der Waals surface area (Å²) in [4.78, 5) is 32.9. The fraction of sp³-hybridized carbons (Fsp3) is 0.222. The molecule has 0 saturated carbocycles. The summed E-state index contributed by atoms with van der Waals surface area (Å²) >= 11 is 1.49. The first-order valence-corrected chi connectivity index (χ1v) is 8.79. The summed E-state index contributed by atoms with van der Waals surface area (Å²) in [7, 11) is 0. The molecule has 128 valence electrons. The van der Waals surface area contributed by atoms with Crippen molar-refractivity contribution in [2.75, 3.05) is 11.9 Å². The minimum absolute atomic E-state index is 0.0338. The second-order valence-electron chi connectivity index (χ2n) is 5.41. The van der Waals surface area contributed by atoms with Crippen LogP contribution in [0.2, 0.25) is 0 Å². The number of carbonyl (C=O) groups excluding carboxylic acids is 2. The number of thiophene rings is 1. The monoisotopic (exact) mass is 355 g/mol. The highest BCUT2D eigenvalue weighted by Gasteiger charge is 2.11. The number of anilines is 1. The van der Waals surface area contributed by atoms with Crippen LogP contribution in [0.4, 0.5) is 5.69 Å². The van der Waals surface area contributed by atoms with Gasteiger partial charge in [-0.1, -0.05) is 6.92 Å². The van der Waals surface area contributed by atoms with Crippen molar-refractivity contribution in [3.63, 3.8) is 0 Å². The van der Waals surface area contributed by atoms with Crippen LogP contribution in [0, 0.1) is 0 Å². The van der Waals surface area contributed by atoms with Crippen LogP contribution in [0.25, 0.3) is 10.2 Å². The quantitative estimate of drug-likeness (QED) is 0.654. The molecule has 2 heterocycles. The van der Waals surface area contributed by atoms with Gasteiger partial charge in [-0.15, -0.1) is 11.3 Å². The van der Waals surface area contributed by atoms with Gasteiger partial charge in [-0.3, -0.25) is 9.59 Å². The fourth-order valence-corrected chi connectivity index (χ4v) is 3.01. The smallest absolute Gasteiger partial charge is 0.225 e. The summed E-state index contributed by atoms with van der Waals surface area (Å²) in [5.74, 6) is 0.213. The number of ketones is 1. The number of nitrogens with zero attached hydrogens (tertiary/aromatic N) is 2. The van der Waals surface area contributed by atoms with Gasteiger partial charge in [0.25, 0.3) is 0 Å². The topological polar surface area (TPSA) is 81.2 Å². The average Bonchev–Trinajstić information content (AvgIpc) is 3.10. The lowest BCUT2D eigenvalue weighted by Crippen LogP contribution is -2.13. The Bertz CT molecular complexity index is 890. The van der Waals surface area contributed by atoms with E-state index in [2.05, 4.69) is 15.3 Å². The molecule has 3 rings (SSSR count). The number of carbonyl (C=O) groups is 2. The first kappa shape index (κ1) is 17.0. The summed E-state index contributed by atoms with van der Waals surface area (Å²) in [6.07, 6.45) is 2.69. The highest BCUT2D eigenvalue weighted by Crippen LogP contribution is 2.25. The van der Waals surface area contributed by atoms with E-state index >= 15 is 0 Å². The molecule has 0 fully saturated rings. The summed E-state index contributed by atoms with van der Waals surface area (Å²) in [6.45, 7) is 1.84. The zero-order valence-electron chi connectivity index (χ0n) is 13.7. The number of hydrogen-bond donors (Lipinski definition) is 1. The van der Waals surface area contributed by atoms with Crippen molar-refractivity contribution in [3.05, 3.63) is 47.6 Å². The molecule has 0 unspecified atom stereocenters. The summed E-state index contributed by atoms with van der Waals surface area (Å²) < 4.78 is 5.56. The van der Waals surface area contributed by atoms with Crippen LogP contribution in [0.1, 0.15) is 30.1 Å². The fourth-order valence-electron chi connectivity index (χ4n) is 2.29. The van der Waals surface area contributed by atoms with E-state index in [1.54, 1.807) is 24.3 Å². The van der Waals surface area contributed by atoms with Crippen molar-refractivity contribution in [2.45, 2.75) is 19.8 Å². The van der Waals surface area contributed by atoms with Gasteiger partial charge in [0.2, 0.25) is 11.8 Å². The van der Waals surface area contributed by atoms with Gasteiger partial charge in [0.1, 0.15) is 11.2 Å². The molecule has 0 aliphatic carbocycles. The largest absolute Gasteiger partial charge is 0.469 e. The number of rotatable bonds is 7. The molecular weight excluding hydrogens is 338 g/mol. The maximum Gasteiger partial charge on any atom is 0.225 e. The number of hydrogen-bond acceptors (Lipinski definition) is 6. The van der Waals surface area contributed by atoms with Crippen LogP contribution in [-0.4, -0.2) is 28.3 Å². The zero-order valence-corrected chi connectivity index (χ0v) is 14.5. The lowest BCUT2D eigenvalue weighted by Gasteiger charge is -2.07. The molecular formula is C18H17N3O3S. The maximum atomic E-state index is 12.3. The van der Waals surface area contributed by atoms with Crippen LogP contribution in [0.3, 0.4) is 0 Å². The third-order valence-electron chi connectivity index (χ3n) is 3.53. The molecule has 1 aromatic carbocycles. The van der Waals surface area contributed by atoms with Crippen LogP contribution in [-0.2, 0) is 4.79 Å². The summed E-state index contributed by atoms with van der Waals surface area (Å²) in [5, 5.41) is 5.49. The molecule has 25 heavy (non-hydrogen) atoms. The van der Waals surface area contributed by atoms with Gasteiger partial charge in [0.05, 0.1) is 5.39 Å². The highest BCUT2D eigenvalue weighted by molar-refractivity contribution is 7.16. The normalized spacial score (nSPS) is 10.6. The predicted octanol–water partition coefficient (Wildman–Crippen LogP) is 3.69. The van der Waals surface area contributed by atoms with Crippen molar-refractivity contribution < 1.29 is 14.3 Å². The van der Waals surface area contributed by atoms with Gasteiger partial charge >= 0.3 is 0 Å². The van der Waals surface area contributed by atoms with Gasteiger partial charge in [-0.25, -0.2) is 9.97 Å². The average molecular weight is 355 g/mol. The number of aromatic nitrogens is 2. The van der Waals surface area contributed by atoms with E-state index in [4.69, 9.17) is 4.74 Å². The molecule has 3 aromatic rings. The number of nitrogens with one attached hydrogen (secondary N) is 1. The lowest BCUT2D eigenvalue weighted by atomic mass is 10.1. The van der Waals surface area contributed by atoms with E-state index in [-0.39, 0.29) is 18.3 Å². The maximum absolute atomic E-state index is 12.3. The van der Waals surface area contributed by atoms with E-state index < -0.39 is 0 Å². The third kappa shape index (κ3) is 4.19. The zero-order chi connectivity index (χ0) is 17.6. The Morgan fingerprint density at radius 1 is 1.16 bits per heavy atom. The Kier molecular flexibility index (Phi) is 5.35. The van der Waals surface area contributed by atoms with Crippen molar-refractivity contribution in [3.8, 4) is 5.88 Å².